The maximum Gasteiger partial charge on any atom is 0.344 e. The van der Waals surface area contributed by atoms with E-state index in [9.17, 15) is 14.4 Å². The topological polar surface area (TPSA) is 109 Å². The van der Waals surface area contributed by atoms with Crippen LogP contribution in [0.15, 0.2) is 48.5 Å². The lowest BCUT2D eigenvalue weighted by molar-refractivity contribution is -0.132. The van der Waals surface area contributed by atoms with E-state index in [0.717, 1.165) is 5.52 Å². The molecule has 2 heterocycles. The van der Waals surface area contributed by atoms with Crippen LogP contribution in [0.4, 0.5) is 4.79 Å². The fraction of sp³-hybridized carbons (Fsp3) is 0.211. The van der Waals surface area contributed by atoms with Gasteiger partial charge in [0, 0.05) is 12.1 Å². The number of nitrogens with zero attached hydrogens (tertiary/aromatic N) is 4. The molecule has 1 atom stereocenters. The van der Waals surface area contributed by atoms with Gasteiger partial charge in [-0.3, -0.25) is 15.0 Å². The second-order valence-electron chi connectivity index (χ2n) is 6.61. The van der Waals surface area contributed by atoms with Crippen LogP contribution in [0.2, 0.25) is 0 Å². The summed E-state index contributed by atoms with van der Waals surface area (Å²) >= 11 is 0. The number of nitrogens with one attached hydrogen (secondary N) is 2. The zero-order valence-electron chi connectivity index (χ0n) is 15.3. The third-order valence-corrected chi connectivity index (χ3v) is 4.83. The highest BCUT2D eigenvalue weighted by atomic mass is 16.2. The first-order valence-corrected chi connectivity index (χ1v) is 8.80. The summed E-state index contributed by atoms with van der Waals surface area (Å²) in [6.07, 6.45) is 0. The molecule has 2 N–H and O–H groups in total. The van der Waals surface area contributed by atoms with Crippen molar-refractivity contribution in [3.63, 3.8) is 0 Å². The van der Waals surface area contributed by atoms with Crippen LogP contribution in [-0.4, -0.2) is 37.8 Å². The molecular formula is C19H18N6O3. The Bertz CT molecular complexity index is 1090. The third-order valence-electron chi connectivity index (χ3n) is 4.83. The monoisotopic (exact) mass is 378 g/mol. The Morgan fingerprint density at radius 1 is 1.18 bits per heavy atom. The van der Waals surface area contributed by atoms with E-state index >= 15 is 0 Å². The highest BCUT2D eigenvalue weighted by Gasteiger charge is 2.50. The number of aromatic nitrogens is 3. The summed E-state index contributed by atoms with van der Waals surface area (Å²) in [4.78, 5) is 37.8. The molecular weight excluding hydrogens is 360 g/mol. The molecule has 9 nitrogen and oxygen atoms in total. The van der Waals surface area contributed by atoms with Gasteiger partial charge in [-0.25, -0.2) is 9.48 Å². The standard InChI is InChI=1S/C19H18N6O3/c1-3-24-15-10-9-12(11-14(15)21-23-24)16(26)22-25-17(27)19(2,20-18(25)28)13-7-5-4-6-8-13/h4-11H,3H2,1-2H3,(H,20,28)(H,22,26)/t19-/m0/s1. The molecule has 28 heavy (non-hydrogen) atoms. The van der Waals surface area contributed by atoms with Crippen LogP contribution in [0.3, 0.4) is 0 Å². The van der Waals surface area contributed by atoms with Gasteiger partial charge in [0.25, 0.3) is 11.8 Å². The number of imide groups is 1. The normalized spacial score (nSPS) is 19.1. The molecule has 9 heteroatoms. The van der Waals surface area contributed by atoms with Crippen LogP contribution in [-0.2, 0) is 16.9 Å². The zero-order chi connectivity index (χ0) is 19.9. The van der Waals surface area contributed by atoms with Gasteiger partial charge in [0.05, 0.1) is 5.52 Å². The number of hydrazine groups is 1. The van der Waals surface area contributed by atoms with Crippen LogP contribution >= 0.6 is 0 Å². The SMILES string of the molecule is CCn1nnc2cc(C(=O)NN3C(=O)N[C@@](C)(c4ccccc4)C3=O)ccc21. The number of urea groups is 1. The number of benzene rings is 2. The highest BCUT2D eigenvalue weighted by Crippen LogP contribution is 2.27. The molecule has 0 spiro atoms. The van der Waals surface area contributed by atoms with Crippen molar-refractivity contribution in [1.29, 1.82) is 0 Å². The molecule has 4 amide bonds. The van der Waals surface area contributed by atoms with Gasteiger partial charge in [-0.1, -0.05) is 35.5 Å². The number of carbonyl (C=O) groups is 3. The molecule has 4 rings (SSSR count). The van der Waals surface area contributed by atoms with E-state index in [0.29, 0.717) is 22.6 Å². The van der Waals surface area contributed by atoms with Crippen molar-refractivity contribution >= 4 is 28.9 Å². The molecule has 1 fully saturated rings. The minimum Gasteiger partial charge on any atom is -0.318 e. The Kier molecular flexibility index (Phi) is 4.07. The van der Waals surface area contributed by atoms with Crippen molar-refractivity contribution in [3.8, 4) is 0 Å². The van der Waals surface area contributed by atoms with E-state index < -0.39 is 23.4 Å². The number of fused-ring (bicyclic) bond motifs is 1. The first-order valence-electron chi connectivity index (χ1n) is 8.80. The molecule has 1 saturated heterocycles. The van der Waals surface area contributed by atoms with Crippen LogP contribution in [0.25, 0.3) is 11.0 Å². The molecule has 1 aliphatic rings. The molecule has 0 bridgehead atoms. The molecule has 0 radical (unpaired) electrons. The van der Waals surface area contributed by atoms with Crippen molar-refractivity contribution in [1.82, 2.24) is 30.7 Å². The average molecular weight is 378 g/mol. The van der Waals surface area contributed by atoms with E-state index in [1.54, 1.807) is 54.1 Å². The first kappa shape index (κ1) is 17.7. The summed E-state index contributed by atoms with van der Waals surface area (Å²) in [7, 11) is 0. The van der Waals surface area contributed by atoms with Gasteiger partial charge in [-0.15, -0.1) is 5.10 Å². The van der Waals surface area contributed by atoms with E-state index in [1.807, 2.05) is 13.0 Å². The predicted molar refractivity (Wildman–Crippen MR) is 99.8 cm³/mol. The first-order chi connectivity index (χ1) is 13.4. The lowest BCUT2D eigenvalue weighted by atomic mass is 9.92. The molecule has 142 valence electrons. The van der Waals surface area contributed by atoms with Gasteiger partial charge in [-0.2, -0.15) is 5.01 Å². The number of hydrogen-bond donors (Lipinski definition) is 2. The van der Waals surface area contributed by atoms with Gasteiger partial charge >= 0.3 is 6.03 Å². The van der Waals surface area contributed by atoms with E-state index in [2.05, 4.69) is 21.1 Å². The van der Waals surface area contributed by atoms with Crippen molar-refractivity contribution in [3.05, 3.63) is 59.7 Å². The molecule has 3 aromatic rings. The van der Waals surface area contributed by atoms with Crippen molar-refractivity contribution in [2.75, 3.05) is 0 Å². The summed E-state index contributed by atoms with van der Waals surface area (Å²) in [6.45, 7) is 4.20. The number of amides is 4. The van der Waals surface area contributed by atoms with E-state index in [-0.39, 0.29) is 5.56 Å². The summed E-state index contributed by atoms with van der Waals surface area (Å²) in [6, 6.07) is 13.1. The molecule has 1 aromatic heterocycles. The minimum absolute atomic E-state index is 0.268. The minimum atomic E-state index is -1.25. The Morgan fingerprint density at radius 2 is 1.93 bits per heavy atom. The summed E-state index contributed by atoms with van der Waals surface area (Å²) in [5, 5.41) is 11.4. The van der Waals surface area contributed by atoms with Gasteiger partial charge in [0.15, 0.2) is 0 Å². The zero-order valence-corrected chi connectivity index (χ0v) is 15.3. The third kappa shape index (κ3) is 2.68. The summed E-state index contributed by atoms with van der Waals surface area (Å²) < 4.78 is 1.71. The van der Waals surface area contributed by atoms with E-state index in [4.69, 9.17) is 0 Å². The molecule has 0 saturated carbocycles. The average Bonchev–Trinajstić information content (AvgIpc) is 3.22. The van der Waals surface area contributed by atoms with E-state index in [1.165, 1.54) is 0 Å². The van der Waals surface area contributed by atoms with Gasteiger partial charge < -0.3 is 5.32 Å². The largest absolute Gasteiger partial charge is 0.344 e. The van der Waals surface area contributed by atoms with Crippen molar-refractivity contribution in [2.24, 2.45) is 0 Å². The smallest absolute Gasteiger partial charge is 0.318 e. The lowest BCUT2D eigenvalue weighted by Gasteiger charge is -2.22. The number of rotatable bonds is 4. The fourth-order valence-electron chi connectivity index (χ4n) is 3.22. The quantitative estimate of drug-likeness (QED) is 0.670. The Hall–Kier alpha value is -3.75. The summed E-state index contributed by atoms with van der Waals surface area (Å²) in [5.41, 5.74) is 3.38. The molecule has 0 unspecified atom stereocenters. The Morgan fingerprint density at radius 3 is 2.64 bits per heavy atom. The predicted octanol–water partition coefficient (Wildman–Crippen LogP) is 1.56. The number of carbonyl (C=O) groups excluding carboxylic acids is 3. The molecule has 1 aliphatic heterocycles. The highest BCUT2D eigenvalue weighted by molar-refractivity contribution is 6.09. The van der Waals surface area contributed by atoms with Crippen molar-refractivity contribution < 1.29 is 14.4 Å². The molecule has 0 aliphatic carbocycles. The van der Waals surface area contributed by atoms with Gasteiger partial charge in [0.2, 0.25) is 0 Å². The fourth-order valence-corrected chi connectivity index (χ4v) is 3.22. The van der Waals surface area contributed by atoms with Crippen LogP contribution < -0.4 is 10.7 Å². The number of aryl methyl sites for hydroxylation is 1. The maximum atomic E-state index is 12.9. The maximum absolute atomic E-state index is 12.9. The molecule has 2 aromatic carbocycles. The van der Waals surface area contributed by atoms with Crippen LogP contribution in [0, 0.1) is 0 Å². The van der Waals surface area contributed by atoms with Crippen LogP contribution in [0.1, 0.15) is 29.8 Å². The van der Waals surface area contributed by atoms with Crippen molar-refractivity contribution in [2.45, 2.75) is 25.9 Å². The Labute approximate surface area is 160 Å². The van der Waals surface area contributed by atoms with Crippen LogP contribution in [0.5, 0.6) is 0 Å². The van der Waals surface area contributed by atoms with Gasteiger partial charge in [0.1, 0.15) is 11.1 Å². The summed E-state index contributed by atoms with van der Waals surface area (Å²) in [5.74, 6) is -1.15. The Balaban J connectivity index is 1.58. The second kappa shape index (κ2) is 6.45. The lowest BCUT2D eigenvalue weighted by Crippen LogP contribution is -2.47. The number of hydrogen-bond acceptors (Lipinski definition) is 5. The second-order valence-corrected chi connectivity index (χ2v) is 6.61. The van der Waals surface area contributed by atoms with Gasteiger partial charge in [-0.05, 0) is 37.6 Å².